The molecular weight excluding hydrogens is 282 g/mol. The van der Waals surface area contributed by atoms with Gasteiger partial charge < -0.3 is 0 Å². The molecule has 1 N–H and O–H groups in total. The predicted molar refractivity (Wildman–Crippen MR) is 83.6 cm³/mol. The first-order valence-corrected chi connectivity index (χ1v) is 8.30. The number of pyridine rings is 1. The highest BCUT2D eigenvalue weighted by molar-refractivity contribution is 7.97. The lowest BCUT2D eigenvalue weighted by Crippen LogP contribution is -2.03. The molecule has 106 valence electrons. The summed E-state index contributed by atoms with van der Waals surface area (Å²) < 4.78 is 1.90. The Hall–Kier alpha value is -2.08. The van der Waals surface area contributed by atoms with Crippen LogP contribution >= 0.6 is 11.8 Å². The molecule has 0 spiro atoms. The number of aryl methyl sites for hydroxylation is 1. The normalized spacial score (nSPS) is 13.0. The van der Waals surface area contributed by atoms with Crippen molar-refractivity contribution in [3.63, 3.8) is 0 Å². The van der Waals surface area contributed by atoms with Crippen molar-refractivity contribution in [1.29, 1.82) is 0 Å². The maximum absolute atomic E-state index is 4.69. The molecule has 0 saturated heterocycles. The summed E-state index contributed by atoms with van der Waals surface area (Å²) >= 11 is 1.82. The van der Waals surface area contributed by atoms with Crippen LogP contribution < -0.4 is 0 Å². The number of hydrogen-bond donors (Lipinski definition) is 1. The average molecular weight is 297 g/mol. The van der Waals surface area contributed by atoms with Crippen LogP contribution in [0.5, 0.6) is 0 Å². The van der Waals surface area contributed by atoms with Crippen molar-refractivity contribution >= 4 is 11.8 Å². The van der Waals surface area contributed by atoms with Crippen molar-refractivity contribution in [3.8, 4) is 16.9 Å². The second-order valence-corrected chi connectivity index (χ2v) is 5.97. The molecule has 3 aromatic rings. The summed E-state index contributed by atoms with van der Waals surface area (Å²) in [6, 6.07) is 3.93. The minimum atomic E-state index is 0.969. The summed E-state index contributed by atoms with van der Waals surface area (Å²) in [6.07, 6.45) is 9.75. The van der Waals surface area contributed by atoms with Gasteiger partial charge in [-0.05, 0) is 31.2 Å². The molecule has 3 heterocycles. The van der Waals surface area contributed by atoms with Gasteiger partial charge in [0.1, 0.15) is 0 Å². The SMILES string of the molecule is CSCc1[nH]nc2c1CCc1nn(-c3cccnc3)cc1-2. The Morgan fingerprint density at radius 3 is 3.14 bits per heavy atom. The lowest BCUT2D eigenvalue weighted by molar-refractivity contribution is 0.810. The van der Waals surface area contributed by atoms with E-state index in [1.165, 1.54) is 11.3 Å². The summed E-state index contributed by atoms with van der Waals surface area (Å²) in [6.45, 7) is 0. The number of rotatable bonds is 3. The largest absolute Gasteiger partial charge is 0.281 e. The Kier molecular flexibility index (Phi) is 3.03. The van der Waals surface area contributed by atoms with Gasteiger partial charge in [-0.3, -0.25) is 10.1 Å². The van der Waals surface area contributed by atoms with Gasteiger partial charge in [0.15, 0.2) is 0 Å². The van der Waals surface area contributed by atoms with Crippen molar-refractivity contribution in [2.45, 2.75) is 18.6 Å². The molecular formula is C15H15N5S. The minimum absolute atomic E-state index is 0.969. The number of aromatic nitrogens is 5. The smallest absolute Gasteiger partial charge is 0.0990 e. The Morgan fingerprint density at radius 2 is 2.33 bits per heavy atom. The fourth-order valence-electron chi connectivity index (χ4n) is 2.81. The van der Waals surface area contributed by atoms with Gasteiger partial charge in [-0.25, -0.2) is 4.68 Å². The molecule has 4 rings (SSSR count). The van der Waals surface area contributed by atoms with E-state index in [-0.39, 0.29) is 0 Å². The number of nitrogens with zero attached hydrogens (tertiary/aromatic N) is 4. The van der Waals surface area contributed by atoms with Crippen LogP contribution in [0.25, 0.3) is 16.9 Å². The number of hydrogen-bond acceptors (Lipinski definition) is 4. The van der Waals surface area contributed by atoms with Crippen molar-refractivity contribution < 1.29 is 0 Å². The van der Waals surface area contributed by atoms with Gasteiger partial charge in [-0.15, -0.1) is 0 Å². The molecule has 5 nitrogen and oxygen atoms in total. The molecule has 0 aliphatic heterocycles. The molecule has 6 heteroatoms. The fourth-order valence-corrected chi connectivity index (χ4v) is 3.34. The Balaban J connectivity index is 1.79. The van der Waals surface area contributed by atoms with Crippen LogP contribution in [0.4, 0.5) is 0 Å². The van der Waals surface area contributed by atoms with Crippen LogP contribution in [0.3, 0.4) is 0 Å². The summed E-state index contributed by atoms with van der Waals surface area (Å²) in [5.74, 6) is 0.981. The number of fused-ring (bicyclic) bond motifs is 3. The van der Waals surface area contributed by atoms with Crippen LogP contribution in [0.15, 0.2) is 30.7 Å². The standard InChI is InChI=1S/C15H15N5S/c1-21-9-14-11-4-5-13-12(15(11)18-17-14)8-20(19-13)10-3-2-6-16-7-10/h2-3,6-8H,4-5,9H2,1H3,(H,17,18). The molecule has 1 aliphatic rings. The van der Waals surface area contributed by atoms with Crippen LogP contribution in [-0.4, -0.2) is 31.2 Å². The quantitative estimate of drug-likeness (QED) is 0.807. The van der Waals surface area contributed by atoms with E-state index in [1.807, 2.05) is 34.8 Å². The first kappa shape index (κ1) is 12.6. The van der Waals surface area contributed by atoms with Crippen LogP contribution in [0, 0.1) is 0 Å². The zero-order valence-electron chi connectivity index (χ0n) is 11.7. The maximum atomic E-state index is 4.69. The zero-order chi connectivity index (χ0) is 14.2. The van der Waals surface area contributed by atoms with Gasteiger partial charge in [0.05, 0.1) is 23.3 Å². The summed E-state index contributed by atoms with van der Waals surface area (Å²) in [7, 11) is 0. The Morgan fingerprint density at radius 1 is 1.38 bits per heavy atom. The van der Waals surface area contributed by atoms with Crippen LogP contribution in [-0.2, 0) is 18.6 Å². The minimum Gasteiger partial charge on any atom is -0.281 e. The van der Waals surface area contributed by atoms with E-state index in [9.17, 15) is 0 Å². The van der Waals surface area contributed by atoms with E-state index in [0.717, 1.165) is 41.2 Å². The molecule has 0 unspecified atom stereocenters. The molecule has 21 heavy (non-hydrogen) atoms. The highest BCUT2D eigenvalue weighted by Gasteiger charge is 2.24. The molecule has 3 aromatic heterocycles. The second kappa shape index (κ2) is 5.04. The first-order valence-electron chi connectivity index (χ1n) is 6.91. The van der Waals surface area contributed by atoms with Crippen LogP contribution in [0.1, 0.15) is 17.0 Å². The molecule has 0 amide bonds. The van der Waals surface area contributed by atoms with Gasteiger partial charge in [-0.2, -0.15) is 22.0 Å². The molecule has 0 radical (unpaired) electrons. The van der Waals surface area contributed by atoms with Crippen molar-refractivity contribution in [1.82, 2.24) is 25.0 Å². The van der Waals surface area contributed by atoms with Gasteiger partial charge in [-0.1, -0.05) is 0 Å². The highest BCUT2D eigenvalue weighted by atomic mass is 32.2. The number of nitrogens with one attached hydrogen (secondary N) is 1. The summed E-state index contributed by atoms with van der Waals surface area (Å²) in [5.41, 5.74) is 6.90. The molecule has 0 bridgehead atoms. The lowest BCUT2D eigenvalue weighted by atomic mass is 9.94. The number of H-pyrrole nitrogens is 1. The molecule has 0 fully saturated rings. The summed E-state index contributed by atoms with van der Waals surface area (Å²) in [4.78, 5) is 4.15. The molecule has 0 saturated carbocycles. The topological polar surface area (TPSA) is 59.4 Å². The van der Waals surface area contributed by atoms with Gasteiger partial charge in [0.25, 0.3) is 0 Å². The monoisotopic (exact) mass is 297 g/mol. The van der Waals surface area contributed by atoms with Gasteiger partial charge in [0, 0.05) is 35.0 Å². The Bertz CT molecular complexity index is 775. The molecule has 0 atom stereocenters. The van der Waals surface area contributed by atoms with Crippen molar-refractivity contribution in [2.24, 2.45) is 0 Å². The van der Waals surface area contributed by atoms with E-state index in [4.69, 9.17) is 5.10 Å². The van der Waals surface area contributed by atoms with E-state index < -0.39 is 0 Å². The van der Waals surface area contributed by atoms with E-state index in [1.54, 1.807) is 6.20 Å². The van der Waals surface area contributed by atoms with Gasteiger partial charge in [0.2, 0.25) is 0 Å². The fraction of sp³-hybridized carbons (Fsp3) is 0.267. The van der Waals surface area contributed by atoms with E-state index in [2.05, 4.69) is 27.6 Å². The lowest BCUT2D eigenvalue weighted by Gasteiger charge is -2.10. The maximum Gasteiger partial charge on any atom is 0.0990 e. The molecule has 1 aliphatic carbocycles. The number of thioether (sulfide) groups is 1. The second-order valence-electron chi connectivity index (χ2n) is 5.11. The molecule has 0 aromatic carbocycles. The van der Waals surface area contributed by atoms with Gasteiger partial charge >= 0.3 is 0 Å². The van der Waals surface area contributed by atoms with Crippen molar-refractivity contribution in [3.05, 3.63) is 47.7 Å². The predicted octanol–water partition coefficient (Wildman–Crippen LogP) is 2.62. The van der Waals surface area contributed by atoms with E-state index in [0.29, 0.717) is 0 Å². The third-order valence-corrected chi connectivity index (χ3v) is 4.39. The first-order chi connectivity index (χ1) is 10.4. The van der Waals surface area contributed by atoms with Crippen LogP contribution in [0.2, 0.25) is 0 Å². The zero-order valence-corrected chi connectivity index (χ0v) is 12.5. The summed E-state index contributed by atoms with van der Waals surface area (Å²) in [5, 5.41) is 12.4. The van der Waals surface area contributed by atoms with Crippen molar-refractivity contribution in [2.75, 3.05) is 6.26 Å². The average Bonchev–Trinajstić information content (AvgIpc) is 3.12. The third kappa shape index (κ3) is 2.06. The number of aromatic amines is 1. The highest BCUT2D eigenvalue weighted by Crippen LogP contribution is 2.34. The Labute approximate surface area is 126 Å². The van der Waals surface area contributed by atoms with E-state index >= 15 is 0 Å². The third-order valence-electron chi connectivity index (χ3n) is 3.81.